The first-order valence-corrected chi connectivity index (χ1v) is 4.53. The third-order valence-corrected chi connectivity index (χ3v) is 2.05. The summed E-state index contributed by atoms with van der Waals surface area (Å²) in [5.74, 6) is -0.892. The number of halogens is 3. The van der Waals surface area contributed by atoms with E-state index in [1.807, 2.05) is 0 Å². The maximum atomic E-state index is 12.1. The van der Waals surface area contributed by atoms with Gasteiger partial charge in [-0.05, 0) is 19.1 Å². The SMILES string of the molecule is CC(=O)c1c(Cl)cc(C#N)cc1OC(F)F. The zero-order valence-corrected chi connectivity index (χ0v) is 8.89. The van der Waals surface area contributed by atoms with E-state index in [2.05, 4.69) is 4.74 Å². The predicted molar refractivity (Wildman–Crippen MR) is 52.8 cm³/mol. The summed E-state index contributed by atoms with van der Waals surface area (Å²) in [5, 5.41) is 8.53. The molecule has 6 heteroatoms. The molecule has 0 atom stereocenters. The van der Waals surface area contributed by atoms with Crippen LogP contribution < -0.4 is 4.74 Å². The average molecular weight is 246 g/mol. The fraction of sp³-hybridized carbons (Fsp3) is 0.200. The van der Waals surface area contributed by atoms with Crippen LogP contribution in [-0.2, 0) is 0 Å². The molecule has 0 saturated heterocycles. The molecular weight excluding hydrogens is 240 g/mol. The molecule has 0 fully saturated rings. The van der Waals surface area contributed by atoms with Crippen LogP contribution in [0.5, 0.6) is 5.75 Å². The Bertz CT molecular complexity index is 469. The minimum Gasteiger partial charge on any atom is -0.434 e. The van der Waals surface area contributed by atoms with Crippen LogP contribution >= 0.6 is 11.6 Å². The second-order valence-corrected chi connectivity index (χ2v) is 3.28. The van der Waals surface area contributed by atoms with Crippen LogP contribution in [-0.4, -0.2) is 12.4 Å². The van der Waals surface area contributed by atoms with Crippen LogP contribution in [0.15, 0.2) is 12.1 Å². The first-order chi connectivity index (χ1) is 7.45. The lowest BCUT2D eigenvalue weighted by atomic mass is 10.1. The molecule has 1 aromatic rings. The molecule has 0 heterocycles. The van der Waals surface area contributed by atoms with E-state index in [-0.39, 0.29) is 21.9 Å². The molecule has 1 rings (SSSR count). The van der Waals surface area contributed by atoms with Gasteiger partial charge in [-0.15, -0.1) is 0 Å². The van der Waals surface area contributed by atoms with E-state index < -0.39 is 12.4 Å². The largest absolute Gasteiger partial charge is 0.434 e. The van der Waals surface area contributed by atoms with Gasteiger partial charge in [-0.25, -0.2) is 0 Å². The summed E-state index contributed by atoms with van der Waals surface area (Å²) in [5.41, 5.74) is -0.105. The highest BCUT2D eigenvalue weighted by atomic mass is 35.5. The normalized spacial score (nSPS) is 10.0. The second-order valence-electron chi connectivity index (χ2n) is 2.88. The molecule has 0 saturated carbocycles. The van der Waals surface area contributed by atoms with Crippen LogP contribution in [0.1, 0.15) is 22.8 Å². The van der Waals surface area contributed by atoms with E-state index >= 15 is 0 Å². The standard InChI is InChI=1S/C10H6ClF2NO2/c1-5(15)9-7(11)2-6(4-14)3-8(9)16-10(12)13/h2-3,10H,1H3. The van der Waals surface area contributed by atoms with Crippen LogP contribution in [0.2, 0.25) is 5.02 Å². The molecule has 0 aliphatic carbocycles. The van der Waals surface area contributed by atoms with E-state index in [0.29, 0.717) is 0 Å². The Hall–Kier alpha value is -1.67. The summed E-state index contributed by atoms with van der Waals surface area (Å²) >= 11 is 5.69. The van der Waals surface area contributed by atoms with Crippen molar-refractivity contribution in [1.82, 2.24) is 0 Å². The molecule has 0 radical (unpaired) electrons. The summed E-state index contributed by atoms with van der Waals surface area (Å²) in [6.07, 6.45) is 0. The zero-order valence-electron chi connectivity index (χ0n) is 8.13. The van der Waals surface area contributed by atoms with E-state index in [1.165, 1.54) is 13.0 Å². The number of carbonyl (C=O) groups is 1. The molecule has 0 aromatic heterocycles. The number of ether oxygens (including phenoxy) is 1. The first-order valence-electron chi connectivity index (χ1n) is 4.15. The van der Waals surface area contributed by atoms with Crippen molar-refractivity contribution in [3.63, 3.8) is 0 Å². The van der Waals surface area contributed by atoms with Gasteiger partial charge in [-0.1, -0.05) is 11.6 Å². The van der Waals surface area contributed by atoms with Crippen molar-refractivity contribution in [2.75, 3.05) is 0 Å². The number of rotatable bonds is 3. The number of benzene rings is 1. The van der Waals surface area contributed by atoms with E-state index in [0.717, 1.165) is 6.07 Å². The molecule has 1 aromatic carbocycles. The molecule has 0 aliphatic heterocycles. The minimum atomic E-state index is -3.08. The molecule has 0 spiro atoms. The number of carbonyl (C=O) groups excluding carboxylic acids is 1. The summed E-state index contributed by atoms with van der Waals surface area (Å²) in [6.45, 7) is -1.91. The van der Waals surface area contributed by atoms with Crippen LogP contribution in [0.4, 0.5) is 8.78 Å². The fourth-order valence-electron chi connectivity index (χ4n) is 1.18. The molecular formula is C10H6ClF2NO2. The quantitative estimate of drug-likeness (QED) is 0.769. The lowest BCUT2D eigenvalue weighted by Gasteiger charge is -2.10. The zero-order chi connectivity index (χ0) is 12.3. The van der Waals surface area contributed by atoms with Gasteiger partial charge in [0.05, 0.1) is 22.2 Å². The van der Waals surface area contributed by atoms with Crippen molar-refractivity contribution >= 4 is 17.4 Å². The fourth-order valence-corrected chi connectivity index (χ4v) is 1.52. The molecule has 3 nitrogen and oxygen atoms in total. The number of hydrogen-bond donors (Lipinski definition) is 0. The highest BCUT2D eigenvalue weighted by Crippen LogP contribution is 2.30. The first kappa shape index (κ1) is 12.4. The Morgan fingerprint density at radius 3 is 2.62 bits per heavy atom. The third-order valence-electron chi connectivity index (χ3n) is 1.75. The molecule has 0 unspecified atom stereocenters. The minimum absolute atomic E-state index is 0.0469. The summed E-state index contributed by atoms with van der Waals surface area (Å²) in [4.78, 5) is 11.2. The van der Waals surface area contributed by atoms with Crippen molar-refractivity contribution in [1.29, 1.82) is 5.26 Å². The van der Waals surface area contributed by atoms with Crippen molar-refractivity contribution in [2.24, 2.45) is 0 Å². The summed E-state index contributed by atoms with van der Waals surface area (Å²) in [6, 6.07) is 4.00. The van der Waals surface area contributed by atoms with Gasteiger partial charge >= 0.3 is 6.61 Å². The predicted octanol–water partition coefficient (Wildman–Crippen LogP) is 3.02. The Kier molecular flexibility index (Phi) is 3.80. The van der Waals surface area contributed by atoms with Crippen LogP contribution in [0, 0.1) is 11.3 Å². The Morgan fingerprint density at radius 1 is 1.56 bits per heavy atom. The lowest BCUT2D eigenvalue weighted by Crippen LogP contribution is -2.07. The van der Waals surface area contributed by atoms with E-state index in [9.17, 15) is 13.6 Å². The number of Topliss-reactive ketones (excluding diaryl/α,β-unsaturated/α-hetero) is 1. The highest BCUT2D eigenvalue weighted by Gasteiger charge is 2.17. The number of nitrogens with zero attached hydrogens (tertiary/aromatic N) is 1. The molecule has 0 aliphatic rings. The summed E-state index contributed by atoms with van der Waals surface area (Å²) in [7, 11) is 0. The molecule has 0 bridgehead atoms. The Labute approximate surface area is 95.2 Å². The van der Waals surface area contributed by atoms with Gasteiger partial charge in [0.1, 0.15) is 5.75 Å². The maximum Gasteiger partial charge on any atom is 0.387 e. The number of ketones is 1. The Balaban J connectivity index is 3.35. The van der Waals surface area contributed by atoms with Gasteiger partial charge in [0.2, 0.25) is 0 Å². The average Bonchev–Trinajstić information content (AvgIpc) is 2.14. The van der Waals surface area contributed by atoms with Gasteiger partial charge < -0.3 is 4.74 Å². The molecule has 84 valence electrons. The van der Waals surface area contributed by atoms with Crippen molar-refractivity contribution in [3.05, 3.63) is 28.3 Å². The lowest BCUT2D eigenvalue weighted by molar-refractivity contribution is -0.0501. The van der Waals surface area contributed by atoms with Crippen molar-refractivity contribution in [2.45, 2.75) is 13.5 Å². The topological polar surface area (TPSA) is 50.1 Å². The van der Waals surface area contributed by atoms with Crippen LogP contribution in [0.25, 0.3) is 0 Å². The van der Waals surface area contributed by atoms with Crippen LogP contribution in [0.3, 0.4) is 0 Å². The molecule has 0 N–H and O–H groups in total. The van der Waals surface area contributed by atoms with E-state index in [4.69, 9.17) is 16.9 Å². The number of hydrogen-bond acceptors (Lipinski definition) is 3. The monoisotopic (exact) mass is 245 g/mol. The van der Waals surface area contributed by atoms with Gasteiger partial charge in [-0.3, -0.25) is 4.79 Å². The summed E-state index contributed by atoms with van der Waals surface area (Å²) < 4.78 is 28.3. The molecule has 16 heavy (non-hydrogen) atoms. The van der Waals surface area contributed by atoms with Gasteiger partial charge in [-0.2, -0.15) is 14.0 Å². The number of alkyl halides is 2. The second kappa shape index (κ2) is 4.90. The maximum absolute atomic E-state index is 12.1. The van der Waals surface area contributed by atoms with Crippen molar-refractivity contribution < 1.29 is 18.3 Å². The highest BCUT2D eigenvalue weighted by molar-refractivity contribution is 6.34. The third kappa shape index (κ3) is 2.67. The van der Waals surface area contributed by atoms with Gasteiger partial charge in [0.15, 0.2) is 5.78 Å². The smallest absolute Gasteiger partial charge is 0.387 e. The van der Waals surface area contributed by atoms with Crippen molar-refractivity contribution in [3.8, 4) is 11.8 Å². The van der Waals surface area contributed by atoms with Gasteiger partial charge in [0, 0.05) is 0 Å². The number of nitriles is 1. The Morgan fingerprint density at radius 2 is 2.19 bits per heavy atom. The van der Waals surface area contributed by atoms with E-state index in [1.54, 1.807) is 6.07 Å². The van der Waals surface area contributed by atoms with Gasteiger partial charge in [0.25, 0.3) is 0 Å². The molecule has 0 amide bonds.